The van der Waals surface area contributed by atoms with Crippen LogP contribution in [0.3, 0.4) is 0 Å². The van der Waals surface area contributed by atoms with E-state index in [2.05, 4.69) is 35.4 Å². The van der Waals surface area contributed by atoms with Crippen molar-refractivity contribution in [2.24, 2.45) is 0 Å². The maximum Gasteiger partial charge on any atom is 0.320 e. The largest absolute Gasteiger partial charge is 0.480 e. The Hall–Kier alpha value is -1.88. The second-order valence-electron chi connectivity index (χ2n) is 6.77. The molecule has 0 spiro atoms. The molecule has 1 saturated heterocycles. The fourth-order valence-corrected chi connectivity index (χ4v) is 3.62. The Balaban J connectivity index is 1.96. The fraction of sp³-hybridized carbons (Fsp3) is 0.556. The van der Waals surface area contributed by atoms with Crippen LogP contribution in [0.5, 0.6) is 0 Å². The summed E-state index contributed by atoms with van der Waals surface area (Å²) in [7, 11) is 0. The summed E-state index contributed by atoms with van der Waals surface area (Å²) in [6, 6.07) is 8.14. The average Bonchev–Trinajstić information content (AvgIpc) is 2.93. The van der Waals surface area contributed by atoms with Crippen LogP contribution in [0.25, 0.3) is 11.0 Å². The molecule has 2 atom stereocenters. The summed E-state index contributed by atoms with van der Waals surface area (Å²) in [5.41, 5.74) is 2.19. The molecule has 23 heavy (non-hydrogen) atoms. The van der Waals surface area contributed by atoms with Gasteiger partial charge in [0.15, 0.2) is 0 Å². The molecule has 124 valence electrons. The van der Waals surface area contributed by atoms with Crippen LogP contribution in [-0.2, 0) is 4.79 Å². The van der Waals surface area contributed by atoms with Crippen molar-refractivity contribution in [3.8, 4) is 0 Å². The molecule has 1 aliphatic rings. The third-order valence-electron chi connectivity index (χ3n) is 4.86. The molecule has 1 aliphatic heterocycles. The maximum atomic E-state index is 11.3. The molecule has 0 radical (unpaired) electrons. The number of carboxylic acids is 1. The van der Waals surface area contributed by atoms with Crippen molar-refractivity contribution in [3.05, 3.63) is 30.1 Å². The van der Waals surface area contributed by atoms with Crippen molar-refractivity contribution < 1.29 is 9.90 Å². The number of carboxylic acid groups (broad SMARTS) is 1. The predicted octanol–water partition coefficient (Wildman–Crippen LogP) is 3.27. The van der Waals surface area contributed by atoms with Crippen LogP contribution in [-0.4, -0.2) is 44.7 Å². The van der Waals surface area contributed by atoms with Crippen molar-refractivity contribution in [2.45, 2.75) is 51.6 Å². The number of fused-ring (bicyclic) bond motifs is 1. The molecule has 2 heterocycles. The van der Waals surface area contributed by atoms with Gasteiger partial charge in [-0.15, -0.1) is 0 Å². The summed E-state index contributed by atoms with van der Waals surface area (Å²) in [4.78, 5) is 18.3. The highest BCUT2D eigenvalue weighted by Crippen LogP contribution is 2.32. The van der Waals surface area contributed by atoms with E-state index in [0.29, 0.717) is 12.0 Å². The first-order valence-corrected chi connectivity index (χ1v) is 8.42. The highest BCUT2D eigenvalue weighted by atomic mass is 16.4. The van der Waals surface area contributed by atoms with E-state index in [4.69, 9.17) is 4.98 Å². The molecule has 1 aromatic heterocycles. The number of hydrogen-bond donors (Lipinski definition) is 1. The highest BCUT2D eigenvalue weighted by molar-refractivity contribution is 5.76. The molecule has 0 saturated carbocycles. The van der Waals surface area contributed by atoms with Crippen LogP contribution in [0.2, 0.25) is 0 Å². The SMILES string of the molecule is CC(C(=O)O)N1CCCC(c2nc3ccccc3n2C(C)C)C1. The van der Waals surface area contributed by atoms with E-state index in [9.17, 15) is 9.90 Å². The third kappa shape index (κ3) is 2.98. The Labute approximate surface area is 136 Å². The van der Waals surface area contributed by atoms with E-state index >= 15 is 0 Å². The molecule has 2 unspecified atom stereocenters. The maximum absolute atomic E-state index is 11.3. The minimum absolute atomic E-state index is 0.292. The Morgan fingerprint density at radius 2 is 2.04 bits per heavy atom. The quantitative estimate of drug-likeness (QED) is 0.941. The minimum Gasteiger partial charge on any atom is -0.480 e. The van der Waals surface area contributed by atoms with Gasteiger partial charge < -0.3 is 9.67 Å². The number of aliphatic carboxylic acids is 1. The third-order valence-corrected chi connectivity index (χ3v) is 4.86. The van der Waals surface area contributed by atoms with Gasteiger partial charge in [0.25, 0.3) is 0 Å². The first kappa shape index (κ1) is 16.0. The Morgan fingerprint density at radius 1 is 1.30 bits per heavy atom. The second kappa shape index (κ2) is 6.32. The Kier molecular flexibility index (Phi) is 4.39. The Morgan fingerprint density at radius 3 is 2.74 bits per heavy atom. The smallest absolute Gasteiger partial charge is 0.320 e. The highest BCUT2D eigenvalue weighted by Gasteiger charge is 2.31. The number of para-hydroxylation sites is 2. The van der Waals surface area contributed by atoms with Gasteiger partial charge in [0.05, 0.1) is 11.0 Å². The van der Waals surface area contributed by atoms with Crippen LogP contribution in [0.15, 0.2) is 24.3 Å². The van der Waals surface area contributed by atoms with Gasteiger partial charge in [0.2, 0.25) is 0 Å². The number of nitrogens with zero attached hydrogens (tertiary/aromatic N) is 3. The number of piperidine rings is 1. The molecule has 2 aromatic rings. The molecule has 1 fully saturated rings. The molecule has 0 amide bonds. The minimum atomic E-state index is -0.747. The number of hydrogen-bond acceptors (Lipinski definition) is 3. The summed E-state index contributed by atoms with van der Waals surface area (Å²) >= 11 is 0. The molecule has 5 nitrogen and oxygen atoms in total. The molecule has 1 aromatic carbocycles. The zero-order chi connectivity index (χ0) is 16.6. The normalized spacial score (nSPS) is 21.0. The van der Waals surface area contributed by atoms with Crippen molar-refractivity contribution >= 4 is 17.0 Å². The standard InChI is InChI=1S/C18H25N3O2/c1-12(2)21-16-9-5-4-8-15(16)19-17(21)14-7-6-10-20(11-14)13(3)18(22)23/h4-5,8-9,12-14H,6-7,10-11H2,1-3H3,(H,22,23). The molecular weight excluding hydrogens is 290 g/mol. The van der Waals surface area contributed by atoms with Crippen molar-refractivity contribution in [1.82, 2.24) is 14.5 Å². The van der Waals surface area contributed by atoms with Crippen LogP contribution in [0, 0.1) is 0 Å². The Bertz CT molecular complexity index is 707. The predicted molar refractivity (Wildman–Crippen MR) is 90.8 cm³/mol. The lowest BCUT2D eigenvalue weighted by atomic mass is 9.95. The van der Waals surface area contributed by atoms with Crippen molar-refractivity contribution in [1.29, 1.82) is 0 Å². The van der Waals surface area contributed by atoms with Gasteiger partial charge >= 0.3 is 5.97 Å². The van der Waals surface area contributed by atoms with Gasteiger partial charge in [0.1, 0.15) is 11.9 Å². The van der Waals surface area contributed by atoms with E-state index in [0.717, 1.165) is 37.3 Å². The van der Waals surface area contributed by atoms with Gasteiger partial charge in [-0.25, -0.2) is 4.98 Å². The zero-order valence-corrected chi connectivity index (χ0v) is 14.1. The lowest BCUT2D eigenvalue weighted by molar-refractivity contribution is -0.143. The van der Waals surface area contributed by atoms with Gasteiger partial charge in [-0.05, 0) is 52.3 Å². The summed E-state index contributed by atoms with van der Waals surface area (Å²) in [6.45, 7) is 7.75. The van der Waals surface area contributed by atoms with E-state index in [1.807, 2.05) is 12.1 Å². The number of likely N-dealkylation sites (tertiary alicyclic amines) is 1. The van der Waals surface area contributed by atoms with Gasteiger partial charge in [-0.1, -0.05) is 12.1 Å². The summed E-state index contributed by atoms with van der Waals surface area (Å²) in [5.74, 6) is 0.645. The molecule has 3 rings (SSSR count). The molecular formula is C18H25N3O2. The number of carbonyl (C=O) groups is 1. The summed E-state index contributed by atoms with van der Waals surface area (Å²) in [5, 5.41) is 9.29. The van der Waals surface area contributed by atoms with E-state index < -0.39 is 12.0 Å². The monoisotopic (exact) mass is 315 g/mol. The summed E-state index contributed by atoms with van der Waals surface area (Å²) in [6.07, 6.45) is 2.09. The molecule has 5 heteroatoms. The van der Waals surface area contributed by atoms with E-state index in [1.165, 1.54) is 5.52 Å². The lowest BCUT2D eigenvalue weighted by Gasteiger charge is -2.35. The first-order valence-electron chi connectivity index (χ1n) is 8.42. The number of benzene rings is 1. The van der Waals surface area contributed by atoms with E-state index in [1.54, 1.807) is 6.92 Å². The summed E-state index contributed by atoms with van der Waals surface area (Å²) < 4.78 is 2.31. The number of aromatic nitrogens is 2. The molecule has 1 N–H and O–H groups in total. The topological polar surface area (TPSA) is 58.4 Å². The molecule has 0 bridgehead atoms. The fourth-order valence-electron chi connectivity index (χ4n) is 3.62. The lowest BCUT2D eigenvalue weighted by Crippen LogP contribution is -2.44. The van der Waals surface area contributed by atoms with Gasteiger partial charge in [0, 0.05) is 18.5 Å². The molecule has 0 aliphatic carbocycles. The average molecular weight is 315 g/mol. The van der Waals surface area contributed by atoms with Crippen LogP contribution in [0.4, 0.5) is 0 Å². The van der Waals surface area contributed by atoms with Crippen molar-refractivity contribution in [3.63, 3.8) is 0 Å². The van der Waals surface area contributed by atoms with E-state index in [-0.39, 0.29) is 0 Å². The van der Waals surface area contributed by atoms with Crippen molar-refractivity contribution in [2.75, 3.05) is 13.1 Å². The first-order chi connectivity index (χ1) is 11.0. The number of imidazole rings is 1. The van der Waals surface area contributed by atoms with Crippen LogP contribution >= 0.6 is 0 Å². The number of rotatable bonds is 4. The second-order valence-corrected chi connectivity index (χ2v) is 6.77. The van der Waals surface area contributed by atoms with Crippen LogP contribution < -0.4 is 0 Å². The van der Waals surface area contributed by atoms with Gasteiger partial charge in [-0.2, -0.15) is 0 Å². The van der Waals surface area contributed by atoms with Crippen LogP contribution in [0.1, 0.15) is 51.4 Å². The van der Waals surface area contributed by atoms with Gasteiger partial charge in [-0.3, -0.25) is 9.69 Å². The zero-order valence-electron chi connectivity index (χ0n) is 14.1.